The van der Waals surface area contributed by atoms with Crippen LogP contribution < -0.4 is 5.32 Å². The van der Waals surface area contributed by atoms with Gasteiger partial charge in [0.2, 0.25) is 5.91 Å². The first-order chi connectivity index (χ1) is 8.13. The van der Waals surface area contributed by atoms with Crippen molar-refractivity contribution in [1.82, 2.24) is 5.32 Å². The van der Waals surface area contributed by atoms with Gasteiger partial charge in [-0.15, -0.1) is 0 Å². The van der Waals surface area contributed by atoms with Crippen LogP contribution in [0.15, 0.2) is 18.2 Å². The molecule has 0 bridgehead atoms. The Morgan fingerprint density at radius 2 is 2.29 bits per heavy atom. The quantitative estimate of drug-likeness (QED) is 0.642. The molecule has 3 nitrogen and oxygen atoms in total. The highest BCUT2D eigenvalue weighted by atomic mass is 35.5. The van der Waals surface area contributed by atoms with E-state index in [9.17, 15) is 4.79 Å². The normalized spacial score (nSPS) is 8.76. The minimum absolute atomic E-state index is 0.0729. The molecule has 0 aliphatic heterocycles. The largest absolute Gasteiger partial charge is 0.355 e. The van der Waals surface area contributed by atoms with Crippen molar-refractivity contribution in [2.45, 2.75) is 13.3 Å². The number of nitrogens with zero attached hydrogens (tertiary/aromatic N) is 1. The van der Waals surface area contributed by atoms with Crippen LogP contribution in [0.4, 0.5) is 0 Å². The fourth-order valence-corrected chi connectivity index (χ4v) is 1.31. The molecule has 1 rings (SSSR count). The van der Waals surface area contributed by atoms with Crippen LogP contribution >= 0.6 is 11.6 Å². The minimum Gasteiger partial charge on any atom is -0.355 e. The second-order valence-corrected chi connectivity index (χ2v) is 3.75. The van der Waals surface area contributed by atoms with Crippen molar-refractivity contribution in [1.29, 1.82) is 5.26 Å². The zero-order valence-corrected chi connectivity index (χ0v) is 10.1. The molecule has 0 aliphatic carbocycles. The maximum Gasteiger partial charge on any atom is 0.216 e. The monoisotopic (exact) mass is 246 g/mol. The Kier molecular flexibility index (Phi) is 5.07. The van der Waals surface area contributed by atoms with Crippen LogP contribution in [-0.2, 0) is 4.79 Å². The molecule has 1 aromatic carbocycles. The summed E-state index contributed by atoms with van der Waals surface area (Å²) in [5.41, 5.74) is 1.16. The molecular weight excluding hydrogens is 236 g/mol. The lowest BCUT2D eigenvalue weighted by molar-refractivity contribution is -0.118. The third-order valence-corrected chi connectivity index (χ3v) is 2.27. The molecule has 0 saturated heterocycles. The third kappa shape index (κ3) is 4.59. The molecule has 0 radical (unpaired) electrons. The van der Waals surface area contributed by atoms with Crippen LogP contribution in [0.25, 0.3) is 0 Å². The standard InChI is InChI=1S/C13H11ClN2O/c1-10(17)16-7-3-2-4-12-8-11(9-15)5-6-13(12)14/h5-6,8H,3,7H2,1H3,(H,16,17). The molecule has 0 spiro atoms. The maximum absolute atomic E-state index is 10.6. The Balaban J connectivity index is 2.65. The van der Waals surface area contributed by atoms with Crippen LogP contribution in [0.5, 0.6) is 0 Å². The third-order valence-electron chi connectivity index (χ3n) is 1.94. The molecule has 0 unspecified atom stereocenters. The van der Waals surface area contributed by atoms with Crippen molar-refractivity contribution in [3.63, 3.8) is 0 Å². The highest BCUT2D eigenvalue weighted by Crippen LogP contribution is 2.15. The molecule has 0 saturated carbocycles. The number of benzene rings is 1. The van der Waals surface area contributed by atoms with Gasteiger partial charge in [-0.05, 0) is 18.2 Å². The second kappa shape index (κ2) is 6.58. The summed E-state index contributed by atoms with van der Waals surface area (Å²) in [4.78, 5) is 10.6. The van der Waals surface area contributed by atoms with E-state index in [1.54, 1.807) is 18.2 Å². The average Bonchev–Trinajstić information content (AvgIpc) is 2.30. The van der Waals surface area contributed by atoms with Gasteiger partial charge in [0.15, 0.2) is 0 Å². The van der Waals surface area contributed by atoms with Crippen molar-refractivity contribution in [2.24, 2.45) is 0 Å². The summed E-state index contributed by atoms with van der Waals surface area (Å²) in [6.45, 7) is 1.97. The molecule has 1 amide bonds. The molecule has 0 fully saturated rings. The fourth-order valence-electron chi connectivity index (χ4n) is 1.15. The van der Waals surface area contributed by atoms with Crippen molar-refractivity contribution in [3.8, 4) is 17.9 Å². The van der Waals surface area contributed by atoms with Crippen LogP contribution in [0.1, 0.15) is 24.5 Å². The van der Waals surface area contributed by atoms with E-state index in [2.05, 4.69) is 17.2 Å². The smallest absolute Gasteiger partial charge is 0.216 e. The number of hydrogen-bond acceptors (Lipinski definition) is 2. The zero-order chi connectivity index (χ0) is 12.7. The first-order valence-electron chi connectivity index (χ1n) is 5.06. The van der Waals surface area contributed by atoms with Gasteiger partial charge in [-0.1, -0.05) is 23.4 Å². The van der Waals surface area contributed by atoms with E-state index in [0.29, 0.717) is 29.1 Å². The minimum atomic E-state index is -0.0729. The van der Waals surface area contributed by atoms with Gasteiger partial charge in [0.05, 0.1) is 16.7 Å². The molecule has 1 N–H and O–H groups in total. The van der Waals surface area contributed by atoms with Gasteiger partial charge in [0, 0.05) is 25.5 Å². The van der Waals surface area contributed by atoms with E-state index in [-0.39, 0.29) is 5.91 Å². The number of halogens is 1. The SMILES string of the molecule is CC(=O)NCCC#Cc1cc(C#N)ccc1Cl. The van der Waals surface area contributed by atoms with E-state index in [0.717, 1.165) is 0 Å². The number of carbonyl (C=O) groups excluding carboxylic acids is 1. The Hall–Kier alpha value is -1.97. The van der Waals surface area contributed by atoms with E-state index >= 15 is 0 Å². The molecule has 1 aromatic rings. The lowest BCUT2D eigenvalue weighted by atomic mass is 10.1. The molecule has 0 aromatic heterocycles. The summed E-state index contributed by atoms with van der Waals surface area (Å²) in [5.74, 6) is 5.69. The lowest BCUT2D eigenvalue weighted by Crippen LogP contribution is -2.20. The van der Waals surface area contributed by atoms with Gasteiger partial charge in [-0.3, -0.25) is 4.79 Å². The maximum atomic E-state index is 10.6. The molecule has 86 valence electrons. The number of carbonyl (C=O) groups is 1. The Labute approximate surface area is 105 Å². The van der Waals surface area contributed by atoms with Crippen molar-refractivity contribution in [3.05, 3.63) is 34.3 Å². The van der Waals surface area contributed by atoms with Crippen LogP contribution in [0.2, 0.25) is 5.02 Å². The first kappa shape index (κ1) is 13.1. The molecule has 4 heteroatoms. The Morgan fingerprint density at radius 1 is 1.53 bits per heavy atom. The molecule has 17 heavy (non-hydrogen) atoms. The molecule has 0 heterocycles. The van der Waals surface area contributed by atoms with E-state index in [1.165, 1.54) is 6.92 Å². The van der Waals surface area contributed by atoms with Crippen LogP contribution in [0, 0.1) is 23.2 Å². The number of amides is 1. The summed E-state index contributed by atoms with van der Waals surface area (Å²) in [7, 11) is 0. The summed E-state index contributed by atoms with van der Waals surface area (Å²) in [5, 5.41) is 11.9. The van der Waals surface area contributed by atoms with Crippen molar-refractivity contribution in [2.75, 3.05) is 6.54 Å². The van der Waals surface area contributed by atoms with E-state index in [4.69, 9.17) is 16.9 Å². The van der Waals surface area contributed by atoms with Crippen molar-refractivity contribution < 1.29 is 4.79 Å². The van der Waals surface area contributed by atoms with E-state index in [1.807, 2.05) is 6.07 Å². The van der Waals surface area contributed by atoms with Crippen LogP contribution in [-0.4, -0.2) is 12.5 Å². The average molecular weight is 247 g/mol. The molecule has 0 aliphatic rings. The fraction of sp³-hybridized carbons (Fsp3) is 0.231. The van der Waals surface area contributed by atoms with Gasteiger partial charge in [0.1, 0.15) is 0 Å². The molecule has 0 atom stereocenters. The Morgan fingerprint density at radius 3 is 2.94 bits per heavy atom. The first-order valence-corrected chi connectivity index (χ1v) is 5.44. The Bertz CT molecular complexity index is 520. The van der Waals surface area contributed by atoms with Gasteiger partial charge in [0.25, 0.3) is 0 Å². The highest BCUT2D eigenvalue weighted by Gasteiger charge is 1.98. The number of rotatable bonds is 2. The predicted octanol–water partition coefficient (Wildman–Crippen LogP) is 2.09. The number of nitrogens with one attached hydrogen (secondary N) is 1. The van der Waals surface area contributed by atoms with Gasteiger partial charge >= 0.3 is 0 Å². The van der Waals surface area contributed by atoms with Gasteiger partial charge in [-0.2, -0.15) is 5.26 Å². The summed E-state index contributed by atoms with van der Waals surface area (Å²) in [6, 6.07) is 6.97. The highest BCUT2D eigenvalue weighted by molar-refractivity contribution is 6.31. The van der Waals surface area contributed by atoms with Gasteiger partial charge in [-0.25, -0.2) is 0 Å². The lowest BCUT2D eigenvalue weighted by Gasteiger charge is -1.97. The number of hydrogen-bond donors (Lipinski definition) is 1. The van der Waals surface area contributed by atoms with Crippen molar-refractivity contribution >= 4 is 17.5 Å². The summed E-state index contributed by atoms with van der Waals surface area (Å²) in [6.07, 6.45) is 0.548. The second-order valence-electron chi connectivity index (χ2n) is 3.34. The zero-order valence-electron chi connectivity index (χ0n) is 9.38. The predicted molar refractivity (Wildman–Crippen MR) is 66.3 cm³/mol. The number of nitriles is 1. The van der Waals surface area contributed by atoms with Crippen LogP contribution in [0.3, 0.4) is 0 Å². The van der Waals surface area contributed by atoms with Gasteiger partial charge < -0.3 is 5.32 Å². The summed E-state index contributed by atoms with van der Waals surface area (Å²) < 4.78 is 0. The molecular formula is C13H11ClN2O. The summed E-state index contributed by atoms with van der Waals surface area (Å²) >= 11 is 5.93. The topological polar surface area (TPSA) is 52.9 Å². The van der Waals surface area contributed by atoms with E-state index < -0.39 is 0 Å².